The number of H-pyrrole nitrogens is 1. The molecular weight excluding hydrogens is 678 g/mol. The third-order valence-corrected chi connectivity index (χ3v) is 13.2. The minimum Gasteiger partial charge on any atom is -0.483 e. The van der Waals surface area contributed by atoms with Crippen LogP contribution in [0.5, 0.6) is 5.75 Å². The lowest BCUT2D eigenvalue weighted by Gasteiger charge is -2.43. The average molecular weight is 710 g/mol. The fourth-order valence-electron chi connectivity index (χ4n) is 8.52. The van der Waals surface area contributed by atoms with Gasteiger partial charge in [0.25, 0.3) is 5.91 Å². The Morgan fingerprint density at radius 2 is 1.75 bits per heavy atom. The molecule has 2 aliphatic carbocycles. The number of carbonyl (C=O) groups excluding carboxylic acids is 4. The molecule has 3 amide bonds. The molecule has 14 heteroatoms. The largest absolute Gasteiger partial charge is 0.483 e. The van der Waals surface area contributed by atoms with Crippen LogP contribution < -0.4 is 14.5 Å². The van der Waals surface area contributed by atoms with E-state index >= 15 is 0 Å². The minimum atomic E-state index is -0.514. The summed E-state index contributed by atoms with van der Waals surface area (Å²) in [6.45, 7) is 3.79. The highest BCUT2D eigenvalue weighted by molar-refractivity contribution is 8.00. The van der Waals surface area contributed by atoms with E-state index in [0.717, 1.165) is 26.8 Å². The second kappa shape index (κ2) is 12.3. The van der Waals surface area contributed by atoms with Gasteiger partial charge in [-0.3, -0.25) is 24.1 Å². The number of morpholine rings is 1. The Balaban J connectivity index is 1.13. The van der Waals surface area contributed by atoms with Crippen molar-refractivity contribution in [3.8, 4) is 5.75 Å². The predicted octanol–water partition coefficient (Wildman–Crippen LogP) is 4.18. The minimum absolute atomic E-state index is 0.0382. The molecule has 3 aromatic rings. The normalized spacial score (nSPS) is 28.7. The van der Waals surface area contributed by atoms with Gasteiger partial charge in [-0.1, -0.05) is 22.9 Å². The summed E-state index contributed by atoms with van der Waals surface area (Å²) in [6, 6.07) is 11.7. The Morgan fingerprint density at radius 3 is 2.48 bits per heavy atom. The number of imide groups is 1. The highest BCUT2D eigenvalue weighted by atomic mass is 35.5. The van der Waals surface area contributed by atoms with Crippen molar-refractivity contribution in [2.24, 2.45) is 29.6 Å². The van der Waals surface area contributed by atoms with E-state index in [1.54, 1.807) is 60.0 Å². The van der Waals surface area contributed by atoms with Crippen molar-refractivity contribution in [1.29, 1.82) is 0 Å². The number of carbonyl (C=O) groups is 4. The molecule has 2 saturated carbocycles. The highest BCUT2D eigenvalue weighted by Gasteiger charge is 2.70. The summed E-state index contributed by atoms with van der Waals surface area (Å²) in [5.41, 5.74) is 1.53. The number of esters is 1. The number of nitrogens with one attached hydrogen (secondary N) is 1. The smallest absolute Gasteiger partial charge is 0.338 e. The standard InChI is InChI=1S/C34H32ClN3O8S2/c1-2-45-33(42)16-3-6-18(7-4-16)38-31(40)26-20-14-21(27(26)32(38)41)28-25(20)24(29-30(47-28)36-34(43)48-29)19-13-17(35)5-8-22(19)46-15-23(39)37-9-11-44-12-10-37/h3-8,13,20-21,24-28H,2,9-12,14-15H2,1H3,(H,36,43)/t20-,21-,24+,25-,26+,27+,28-/m1/s1. The predicted molar refractivity (Wildman–Crippen MR) is 178 cm³/mol. The number of rotatable bonds is 7. The van der Waals surface area contributed by atoms with Crippen LogP contribution in [-0.4, -0.2) is 78.3 Å². The lowest BCUT2D eigenvalue weighted by Crippen LogP contribution is -2.43. The molecule has 1 N–H and O–H groups in total. The number of benzene rings is 2. The summed E-state index contributed by atoms with van der Waals surface area (Å²) in [5.74, 6) is -2.20. The molecule has 48 heavy (non-hydrogen) atoms. The maximum Gasteiger partial charge on any atom is 0.338 e. The number of hydrogen-bond acceptors (Lipinski definition) is 10. The fourth-order valence-corrected chi connectivity index (χ4v) is 11.6. The Morgan fingerprint density at radius 1 is 1.02 bits per heavy atom. The van der Waals surface area contributed by atoms with Crippen LogP contribution in [0.15, 0.2) is 52.3 Å². The molecule has 2 bridgehead atoms. The molecule has 0 spiro atoms. The first kappa shape index (κ1) is 31.6. The molecule has 2 aromatic carbocycles. The molecular formula is C34H32ClN3O8S2. The Hall–Kier alpha value is -3.65. The molecule has 5 aliphatic rings. The van der Waals surface area contributed by atoms with E-state index in [-0.39, 0.29) is 64.7 Å². The van der Waals surface area contributed by atoms with Gasteiger partial charge < -0.3 is 24.1 Å². The molecule has 0 unspecified atom stereocenters. The van der Waals surface area contributed by atoms with Gasteiger partial charge in [0.1, 0.15) is 5.75 Å². The number of aromatic nitrogens is 1. The number of fused-ring (bicyclic) bond motifs is 9. The topological polar surface area (TPSA) is 135 Å². The van der Waals surface area contributed by atoms with E-state index < -0.39 is 17.8 Å². The molecule has 11 nitrogen and oxygen atoms in total. The summed E-state index contributed by atoms with van der Waals surface area (Å²) in [4.78, 5) is 72.9. The molecule has 4 heterocycles. The van der Waals surface area contributed by atoms with Crippen molar-refractivity contribution in [3.63, 3.8) is 0 Å². The van der Waals surface area contributed by atoms with Crippen LogP contribution in [0, 0.1) is 29.6 Å². The van der Waals surface area contributed by atoms with Gasteiger partial charge in [-0.2, -0.15) is 0 Å². The van der Waals surface area contributed by atoms with Crippen molar-refractivity contribution >= 4 is 64.1 Å². The molecule has 8 rings (SSSR count). The summed E-state index contributed by atoms with van der Waals surface area (Å²) in [7, 11) is 0. The molecule has 250 valence electrons. The Labute approximate surface area is 288 Å². The lowest BCUT2D eigenvalue weighted by molar-refractivity contribution is -0.137. The van der Waals surface area contributed by atoms with Crippen molar-refractivity contribution in [2.45, 2.75) is 29.5 Å². The molecule has 4 fully saturated rings. The second-order valence-electron chi connectivity index (χ2n) is 12.7. The molecule has 7 atom stereocenters. The van der Waals surface area contributed by atoms with Gasteiger partial charge in [0.2, 0.25) is 11.8 Å². The number of anilines is 1. The van der Waals surface area contributed by atoms with E-state index in [1.165, 1.54) is 4.90 Å². The zero-order valence-corrected chi connectivity index (χ0v) is 28.3. The summed E-state index contributed by atoms with van der Waals surface area (Å²) in [5, 5.41) is 1.21. The lowest BCUT2D eigenvalue weighted by atomic mass is 9.68. The van der Waals surface area contributed by atoms with Crippen LogP contribution in [0.25, 0.3) is 0 Å². The number of nitrogens with zero attached hydrogens (tertiary/aromatic N) is 2. The first-order valence-corrected chi connectivity index (χ1v) is 18.1. The van der Waals surface area contributed by atoms with E-state index in [4.69, 9.17) is 25.8 Å². The number of ether oxygens (including phenoxy) is 3. The molecule has 3 aliphatic heterocycles. The van der Waals surface area contributed by atoms with Crippen molar-refractivity contribution in [3.05, 3.63) is 73.2 Å². The highest BCUT2D eigenvalue weighted by Crippen LogP contribution is 2.69. The maximum absolute atomic E-state index is 14.2. The van der Waals surface area contributed by atoms with Gasteiger partial charge in [-0.15, -0.1) is 11.8 Å². The van der Waals surface area contributed by atoms with Crippen molar-refractivity contribution < 1.29 is 33.4 Å². The quantitative estimate of drug-likeness (QED) is 0.283. The number of thioether (sulfide) groups is 1. The van der Waals surface area contributed by atoms with E-state index in [2.05, 4.69) is 4.98 Å². The van der Waals surface area contributed by atoms with E-state index in [1.807, 2.05) is 6.07 Å². The van der Waals surface area contributed by atoms with Crippen LogP contribution in [-0.2, 0) is 23.9 Å². The SMILES string of the molecule is CCOC(=O)c1ccc(N2C(=O)[C@H]3[C@H]4C[C@@H]([C@@H]3C2=O)[C@@H]2[C@H](c3cc(Cl)ccc3OCC(=O)N3CCOCC3)c3sc(=O)[nH]c3S[C@H]42)cc1. The number of aromatic amines is 1. The van der Waals surface area contributed by atoms with Gasteiger partial charge in [-0.25, -0.2) is 4.79 Å². The first-order chi connectivity index (χ1) is 23.2. The van der Waals surface area contributed by atoms with E-state index in [9.17, 15) is 24.0 Å². The van der Waals surface area contributed by atoms with Crippen LogP contribution in [0.1, 0.15) is 40.1 Å². The van der Waals surface area contributed by atoms with Crippen LogP contribution in [0.2, 0.25) is 5.02 Å². The maximum atomic E-state index is 14.2. The number of amides is 3. The first-order valence-electron chi connectivity index (χ1n) is 16.1. The van der Waals surface area contributed by atoms with Gasteiger partial charge in [0.05, 0.1) is 47.9 Å². The van der Waals surface area contributed by atoms with Crippen molar-refractivity contribution in [1.82, 2.24) is 9.88 Å². The Bertz CT molecular complexity index is 1870. The number of thiazole rings is 1. The number of hydrogen-bond donors (Lipinski definition) is 1. The summed E-state index contributed by atoms with van der Waals surface area (Å²) < 4.78 is 16.7. The summed E-state index contributed by atoms with van der Waals surface area (Å²) >= 11 is 9.32. The van der Waals surface area contributed by atoms with E-state index in [0.29, 0.717) is 54.7 Å². The number of halogens is 1. The van der Waals surface area contributed by atoms with Gasteiger partial charge in [0, 0.05) is 39.7 Å². The van der Waals surface area contributed by atoms with Crippen LogP contribution in [0.3, 0.4) is 0 Å². The van der Waals surface area contributed by atoms with Crippen LogP contribution in [0.4, 0.5) is 5.69 Å². The van der Waals surface area contributed by atoms with Crippen molar-refractivity contribution in [2.75, 3.05) is 44.4 Å². The molecule has 0 radical (unpaired) electrons. The third-order valence-electron chi connectivity index (χ3n) is 10.4. The second-order valence-corrected chi connectivity index (χ2v) is 15.3. The Kier molecular flexibility index (Phi) is 8.13. The monoisotopic (exact) mass is 709 g/mol. The van der Waals surface area contributed by atoms with Gasteiger partial charge in [0.15, 0.2) is 6.61 Å². The molecule has 1 aromatic heterocycles. The fraction of sp³-hybridized carbons (Fsp3) is 0.441. The third kappa shape index (κ3) is 5.08. The van der Waals surface area contributed by atoms with Gasteiger partial charge in [-0.05, 0) is 73.6 Å². The zero-order chi connectivity index (χ0) is 33.3. The van der Waals surface area contributed by atoms with Crippen LogP contribution >= 0.6 is 34.7 Å². The summed E-state index contributed by atoms with van der Waals surface area (Å²) in [6.07, 6.45) is 0.715. The zero-order valence-electron chi connectivity index (χ0n) is 25.9. The van der Waals surface area contributed by atoms with Gasteiger partial charge >= 0.3 is 10.8 Å². The average Bonchev–Trinajstić information content (AvgIpc) is 3.83. The molecule has 2 saturated heterocycles.